The van der Waals surface area contributed by atoms with Crippen LogP contribution in [-0.2, 0) is 13.5 Å². The zero-order chi connectivity index (χ0) is 24.9. The lowest BCUT2D eigenvalue weighted by atomic mass is 10.1. The van der Waals surface area contributed by atoms with E-state index in [-0.39, 0.29) is 11.8 Å². The highest BCUT2D eigenvalue weighted by Gasteiger charge is 2.26. The van der Waals surface area contributed by atoms with Crippen LogP contribution in [0.4, 0.5) is 5.69 Å². The van der Waals surface area contributed by atoms with Crippen molar-refractivity contribution < 1.29 is 14.3 Å². The molecular weight excluding hydrogens is 442 g/mol. The third-order valence-corrected chi connectivity index (χ3v) is 6.75. The minimum atomic E-state index is -0.204. The van der Waals surface area contributed by atoms with E-state index in [0.717, 1.165) is 18.7 Å². The number of hydrogen-bond acceptors (Lipinski definition) is 5. The van der Waals surface area contributed by atoms with Crippen LogP contribution >= 0.6 is 0 Å². The molecule has 1 aliphatic heterocycles. The first-order valence-electron chi connectivity index (χ1n) is 12.4. The Labute approximate surface area is 206 Å². The minimum Gasteiger partial charge on any atom is -0.491 e. The number of likely N-dealkylation sites (tertiary alicyclic amines) is 1. The van der Waals surface area contributed by atoms with Gasteiger partial charge in [-0.2, -0.15) is 0 Å². The molecule has 1 aliphatic rings. The molecule has 8 heteroatoms. The van der Waals surface area contributed by atoms with Crippen LogP contribution in [0.1, 0.15) is 59.7 Å². The Bertz CT molecular complexity index is 1200. The first-order chi connectivity index (χ1) is 16.9. The van der Waals surface area contributed by atoms with Gasteiger partial charge in [0.15, 0.2) is 11.4 Å². The van der Waals surface area contributed by atoms with Crippen molar-refractivity contribution in [2.45, 2.75) is 45.6 Å². The molecule has 0 saturated carbocycles. The summed E-state index contributed by atoms with van der Waals surface area (Å²) in [6.07, 6.45) is 3.93. The zero-order valence-corrected chi connectivity index (χ0v) is 21.1. The largest absolute Gasteiger partial charge is 0.491 e. The average molecular weight is 478 g/mol. The molecule has 2 aromatic heterocycles. The van der Waals surface area contributed by atoms with E-state index >= 15 is 0 Å². The van der Waals surface area contributed by atoms with Gasteiger partial charge in [-0.1, -0.05) is 25.1 Å². The summed E-state index contributed by atoms with van der Waals surface area (Å²) in [5.74, 6) is 0.110. The van der Waals surface area contributed by atoms with Crippen LogP contribution in [0.3, 0.4) is 0 Å². The van der Waals surface area contributed by atoms with Crippen LogP contribution in [0.25, 0.3) is 11.0 Å². The summed E-state index contributed by atoms with van der Waals surface area (Å²) in [4.78, 5) is 33.3. The van der Waals surface area contributed by atoms with Gasteiger partial charge in [0.05, 0.1) is 23.4 Å². The molecule has 3 heterocycles. The summed E-state index contributed by atoms with van der Waals surface area (Å²) in [6.45, 7) is 6.01. The molecule has 35 heavy (non-hydrogen) atoms. The van der Waals surface area contributed by atoms with Crippen molar-refractivity contribution in [1.82, 2.24) is 19.8 Å². The van der Waals surface area contributed by atoms with E-state index in [2.05, 4.69) is 22.6 Å². The Morgan fingerprint density at radius 2 is 1.91 bits per heavy atom. The summed E-state index contributed by atoms with van der Waals surface area (Å²) in [7, 11) is 3.97. The summed E-state index contributed by atoms with van der Waals surface area (Å²) < 4.78 is 7.76. The molecule has 1 atom stereocenters. The standard InChI is InChI=1S/C27H35N5O3/c1-5-21-22(30-26(33)18-11-8-7-9-12-18)17-20-24(35-6-2)23(32(4)25(20)29-21)27(34)28-15-14-19-13-10-16-31(19)3/h7-9,11-12,17,19H,5-6,10,13-16H2,1-4H3,(H,28,34)(H,30,33). The first-order valence-corrected chi connectivity index (χ1v) is 12.4. The van der Waals surface area contributed by atoms with E-state index < -0.39 is 0 Å². The number of rotatable bonds is 9. The van der Waals surface area contributed by atoms with Crippen LogP contribution in [0.15, 0.2) is 36.4 Å². The van der Waals surface area contributed by atoms with Gasteiger partial charge in [0.2, 0.25) is 0 Å². The predicted molar refractivity (Wildman–Crippen MR) is 138 cm³/mol. The van der Waals surface area contributed by atoms with Gasteiger partial charge >= 0.3 is 0 Å². The molecule has 0 radical (unpaired) electrons. The Morgan fingerprint density at radius 1 is 1.14 bits per heavy atom. The van der Waals surface area contributed by atoms with E-state index in [0.29, 0.717) is 59.3 Å². The van der Waals surface area contributed by atoms with Crippen molar-refractivity contribution in [2.75, 3.05) is 32.1 Å². The van der Waals surface area contributed by atoms with Gasteiger partial charge in [0, 0.05) is 25.2 Å². The van der Waals surface area contributed by atoms with Crippen LogP contribution in [0.5, 0.6) is 5.75 Å². The lowest BCUT2D eigenvalue weighted by Gasteiger charge is -2.19. The molecule has 1 unspecified atom stereocenters. The molecule has 0 bridgehead atoms. The maximum absolute atomic E-state index is 13.3. The Kier molecular flexibility index (Phi) is 7.70. The highest BCUT2D eigenvalue weighted by Crippen LogP contribution is 2.35. The fourth-order valence-corrected chi connectivity index (χ4v) is 4.84. The molecule has 1 fully saturated rings. The molecule has 1 aromatic carbocycles. The summed E-state index contributed by atoms with van der Waals surface area (Å²) in [5, 5.41) is 6.78. The maximum Gasteiger partial charge on any atom is 0.271 e. The van der Waals surface area contributed by atoms with Gasteiger partial charge in [-0.3, -0.25) is 9.59 Å². The second-order valence-electron chi connectivity index (χ2n) is 9.02. The molecule has 0 aliphatic carbocycles. The van der Waals surface area contributed by atoms with Crippen molar-refractivity contribution in [1.29, 1.82) is 0 Å². The molecule has 1 saturated heterocycles. The molecule has 8 nitrogen and oxygen atoms in total. The highest BCUT2D eigenvalue weighted by atomic mass is 16.5. The lowest BCUT2D eigenvalue weighted by molar-refractivity contribution is 0.0937. The number of ether oxygens (including phenoxy) is 1. The fraction of sp³-hybridized carbons (Fsp3) is 0.444. The van der Waals surface area contributed by atoms with Gasteiger partial charge in [-0.15, -0.1) is 0 Å². The van der Waals surface area contributed by atoms with Crippen molar-refractivity contribution in [3.8, 4) is 5.75 Å². The number of anilines is 1. The Hall–Kier alpha value is -3.39. The van der Waals surface area contributed by atoms with Gasteiger partial charge in [-0.05, 0) is 64.4 Å². The van der Waals surface area contributed by atoms with Crippen LogP contribution in [0.2, 0.25) is 0 Å². The first kappa shape index (κ1) is 24.7. The number of aryl methyl sites for hydroxylation is 2. The van der Waals surface area contributed by atoms with E-state index in [4.69, 9.17) is 9.72 Å². The van der Waals surface area contributed by atoms with Gasteiger partial charge in [-0.25, -0.2) is 4.98 Å². The van der Waals surface area contributed by atoms with Crippen molar-refractivity contribution >= 4 is 28.5 Å². The number of hydrogen-bond donors (Lipinski definition) is 2. The number of amides is 2. The maximum atomic E-state index is 13.3. The van der Waals surface area contributed by atoms with Crippen molar-refractivity contribution in [2.24, 2.45) is 7.05 Å². The highest BCUT2D eigenvalue weighted by molar-refractivity contribution is 6.07. The normalized spacial score (nSPS) is 15.9. The molecule has 0 spiro atoms. The molecule has 186 valence electrons. The van der Waals surface area contributed by atoms with Crippen LogP contribution < -0.4 is 15.4 Å². The van der Waals surface area contributed by atoms with E-state index in [9.17, 15) is 9.59 Å². The van der Waals surface area contributed by atoms with Gasteiger partial charge < -0.3 is 24.8 Å². The van der Waals surface area contributed by atoms with Crippen molar-refractivity contribution in [3.05, 3.63) is 53.3 Å². The summed E-state index contributed by atoms with van der Waals surface area (Å²) >= 11 is 0. The van der Waals surface area contributed by atoms with Crippen LogP contribution in [0, 0.1) is 0 Å². The van der Waals surface area contributed by atoms with Gasteiger partial charge in [0.25, 0.3) is 11.8 Å². The lowest BCUT2D eigenvalue weighted by Crippen LogP contribution is -2.32. The second kappa shape index (κ2) is 10.9. The van der Waals surface area contributed by atoms with Crippen molar-refractivity contribution in [3.63, 3.8) is 0 Å². The fourth-order valence-electron chi connectivity index (χ4n) is 4.84. The summed E-state index contributed by atoms with van der Waals surface area (Å²) in [5.41, 5.74) is 3.05. The van der Waals surface area contributed by atoms with Crippen LogP contribution in [-0.4, -0.2) is 59.1 Å². The SMILES string of the molecule is CCOc1c(C(=O)NCCC2CCCN2C)n(C)c2nc(CC)c(NC(=O)c3ccccc3)cc12. The second-order valence-corrected chi connectivity index (χ2v) is 9.02. The molecular formula is C27H35N5O3. The smallest absolute Gasteiger partial charge is 0.271 e. The quantitative estimate of drug-likeness (QED) is 0.486. The van der Waals surface area contributed by atoms with Gasteiger partial charge in [0.1, 0.15) is 5.65 Å². The van der Waals surface area contributed by atoms with E-state index in [1.54, 1.807) is 16.7 Å². The monoisotopic (exact) mass is 477 g/mol. The number of carbonyl (C=O) groups excluding carboxylic acids is 2. The average Bonchev–Trinajstić information content (AvgIpc) is 3.39. The molecule has 4 rings (SSSR count). The number of carbonyl (C=O) groups is 2. The number of aromatic nitrogens is 2. The van der Waals surface area contributed by atoms with E-state index in [1.165, 1.54) is 12.8 Å². The number of pyridine rings is 1. The Balaban J connectivity index is 1.64. The molecule has 3 aromatic rings. The zero-order valence-electron chi connectivity index (χ0n) is 21.1. The molecule has 2 N–H and O–H groups in total. The van der Waals surface area contributed by atoms with E-state index in [1.807, 2.05) is 45.2 Å². The minimum absolute atomic E-state index is 0.178. The number of fused-ring (bicyclic) bond motifs is 1. The third kappa shape index (κ3) is 5.17. The summed E-state index contributed by atoms with van der Waals surface area (Å²) in [6, 6.07) is 11.5. The predicted octanol–water partition coefficient (Wildman–Crippen LogP) is 4.00. The third-order valence-electron chi connectivity index (χ3n) is 6.75. The topological polar surface area (TPSA) is 88.5 Å². The number of nitrogens with one attached hydrogen (secondary N) is 2. The number of nitrogens with zero attached hydrogens (tertiary/aromatic N) is 3. The molecule has 2 amide bonds. The Morgan fingerprint density at radius 3 is 2.57 bits per heavy atom. The number of benzene rings is 1.